The fraction of sp³-hybridized carbons (Fsp3) is 0.316. The fourth-order valence-corrected chi connectivity index (χ4v) is 11.0. The molecule has 0 unspecified atom stereocenters. The Morgan fingerprint density at radius 2 is 1.02 bits per heavy atom. The predicted octanol–water partition coefficient (Wildman–Crippen LogP) is 11.6. The molecule has 2 aromatic heterocycles. The summed E-state index contributed by atoms with van der Waals surface area (Å²) in [5, 5.41) is 72.5. The van der Waals surface area contributed by atoms with Crippen LogP contribution in [0.15, 0.2) is 158 Å². The second kappa shape index (κ2) is 35.9. The number of anilines is 2. The highest BCUT2D eigenvalue weighted by Gasteiger charge is 2.38. The maximum absolute atomic E-state index is 14.0. The third-order valence-electron chi connectivity index (χ3n) is 15.4. The Labute approximate surface area is 596 Å². The van der Waals surface area contributed by atoms with Gasteiger partial charge >= 0.3 is 18.2 Å². The molecule has 528 valence electrons. The largest absolute Gasteiger partial charge is 0.507 e. The van der Waals surface area contributed by atoms with Gasteiger partial charge in [0.25, 0.3) is 5.91 Å². The number of amides is 5. The van der Waals surface area contributed by atoms with Crippen LogP contribution in [0.25, 0.3) is 22.5 Å². The van der Waals surface area contributed by atoms with Gasteiger partial charge in [-0.25, -0.2) is 14.4 Å². The van der Waals surface area contributed by atoms with E-state index in [4.69, 9.17) is 37.8 Å². The van der Waals surface area contributed by atoms with Crippen molar-refractivity contribution in [3.8, 4) is 57.7 Å². The van der Waals surface area contributed by atoms with Crippen LogP contribution >= 0.6 is 23.2 Å². The maximum atomic E-state index is 14.0. The lowest BCUT2D eigenvalue weighted by molar-refractivity contribution is -0.142. The van der Waals surface area contributed by atoms with Gasteiger partial charge in [0.15, 0.2) is 6.04 Å². The predicted molar refractivity (Wildman–Crippen MR) is 385 cm³/mol. The number of nitrogens with zero attached hydrogens (tertiary/aromatic N) is 5. The van der Waals surface area contributed by atoms with Crippen molar-refractivity contribution in [3.05, 3.63) is 201 Å². The number of aromatic nitrogens is 4. The second-order valence-electron chi connectivity index (χ2n) is 25.6. The van der Waals surface area contributed by atoms with Crippen LogP contribution in [0.2, 0.25) is 10.0 Å². The first kappa shape index (κ1) is 76.1. The fourth-order valence-electron chi connectivity index (χ4n) is 10.7. The Balaban J connectivity index is 0.000000217. The summed E-state index contributed by atoms with van der Waals surface area (Å²) in [6.07, 6.45) is 6.94. The number of hydrogen-bond donors (Lipinski definition) is 10. The van der Waals surface area contributed by atoms with Crippen LogP contribution in [0.1, 0.15) is 126 Å². The van der Waals surface area contributed by atoms with E-state index in [2.05, 4.69) is 60.5 Å². The molecular formula is C76H82Cl2N10O13. The summed E-state index contributed by atoms with van der Waals surface area (Å²) in [6.45, 7) is 12.0. The van der Waals surface area contributed by atoms with Crippen molar-refractivity contribution in [3.63, 3.8) is 0 Å². The molecule has 10 N–H and O–H groups in total. The van der Waals surface area contributed by atoms with Gasteiger partial charge in [-0.2, -0.15) is 10.2 Å². The van der Waals surface area contributed by atoms with Crippen LogP contribution in [0.5, 0.6) is 11.5 Å². The average molecular weight is 1410 g/mol. The molecule has 2 fully saturated rings. The smallest absolute Gasteiger partial charge is 0.408 e. The van der Waals surface area contributed by atoms with Gasteiger partial charge in [0.05, 0.1) is 43.5 Å². The SMILES string of the molecule is CC(C)(C)OC(=O)N[C@@H](C(=O)N1CCCC[C@H]1C(=O)Nc1ccc(C#Cc2cn(CCO)nc2-c2cc(Cl)ccc2O)cc1)c1ccccc1.CC(C)(C)OC(=O)N[C@@H](C(=O)O)c1ccccc1.O=C(Nc1ccc(C#Cc2cn(CCO)nc2-c2cc(Cl)ccc2O)cc1)[C@@H]1CCCCN1. The Kier molecular flexibility index (Phi) is 27.1. The van der Waals surface area contributed by atoms with Gasteiger partial charge in [-0.1, -0.05) is 114 Å². The highest BCUT2D eigenvalue weighted by atomic mass is 35.5. The molecule has 0 bridgehead atoms. The zero-order chi connectivity index (χ0) is 72.8. The molecule has 10 rings (SSSR count). The summed E-state index contributed by atoms with van der Waals surface area (Å²) in [5.74, 6) is 10.6. The number of carbonyl (C=O) groups excluding carboxylic acids is 5. The molecule has 0 aliphatic carbocycles. The monoisotopic (exact) mass is 1410 g/mol. The minimum absolute atomic E-state index is 0.0000791. The molecule has 0 spiro atoms. The highest BCUT2D eigenvalue weighted by molar-refractivity contribution is 6.31. The minimum Gasteiger partial charge on any atom is -0.507 e. The molecule has 2 aliphatic heterocycles. The molecule has 23 nitrogen and oxygen atoms in total. The summed E-state index contributed by atoms with van der Waals surface area (Å²) in [5.41, 5.74) is 5.28. The summed E-state index contributed by atoms with van der Waals surface area (Å²) in [4.78, 5) is 77.0. The zero-order valence-electron chi connectivity index (χ0n) is 56.8. The third kappa shape index (κ3) is 22.9. The number of nitrogens with one attached hydrogen (secondary N) is 5. The number of rotatable bonds is 16. The number of likely N-dealkylation sites (tertiary alicyclic amines) is 1. The number of ether oxygens (including phenoxy) is 2. The lowest BCUT2D eigenvalue weighted by Gasteiger charge is -2.37. The standard InChI is InChI=1S/C38H40ClN5O6.C25H25ClN4O3.C13H17NO4/c1-38(2,3)50-37(49)41-34(26-9-5-4-6-10-26)36(48)44-20-8-7-11-31(44)35(47)40-29-17-13-25(14-18-29)12-15-27-24-43(21-22-45)42-33(27)30-23-28(39)16-19-32(30)46;26-19-8-11-23(32)21(15-19)24-18(16-30(29-24)13-14-31)7-4-17-5-9-20(10-6-17)28-25(33)22-3-1-2-12-27-22;1-13(2,3)18-12(17)14-10(11(15)16)9-7-5-4-6-8-9/h4-6,9-10,13-14,16-19,23-24,31,34,45-46H,7-8,11,20-22H2,1-3H3,(H,40,47)(H,41,49);5-6,8-11,15-16,22,27,31-32H,1-3,12-14H2,(H,28,33);4-8,10H,1-3H3,(H,14,17)(H,15,16)/t31-,34+;22-;10-/m001/s1. The number of aliphatic hydroxyl groups is 2. The molecule has 25 heteroatoms. The van der Waals surface area contributed by atoms with Gasteiger partial charge in [0.2, 0.25) is 11.8 Å². The number of aliphatic hydroxyl groups excluding tert-OH is 2. The van der Waals surface area contributed by atoms with Crippen molar-refractivity contribution >= 4 is 70.5 Å². The molecular weight excluding hydrogens is 1330 g/mol. The number of alkyl carbamates (subject to hydrolysis) is 2. The summed E-state index contributed by atoms with van der Waals surface area (Å²) in [6, 6.07) is 38.1. The van der Waals surface area contributed by atoms with Crippen LogP contribution in [-0.4, -0.2) is 135 Å². The molecule has 2 saturated heterocycles. The van der Waals surface area contributed by atoms with Gasteiger partial charge in [0, 0.05) is 62.6 Å². The van der Waals surface area contributed by atoms with Crippen molar-refractivity contribution in [1.82, 2.24) is 40.4 Å². The quantitative estimate of drug-likeness (QED) is 0.0402. The van der Waals surface area contributed by atoms with Gasteiger partial charge in [0.1, 0.15) is 46.2 Å². The van der Waals surface area contributed by atoms with E-state index in [-0.39, 0.29) is 55.0 Å². The molecule has 2 aliphatic rings. The topological polar surface area (TPSA) is 321 Å². The number of phenols is 2. The van der Waals surface area contributed by atoms with E-state index in [9.17, 15) is 49.2 Å². The van der Waals surface area contributed by atoms with E-state index >= 15 is 0 Å². The van der Waals surface area contributed by atoms with Crippen molar-refractivity contribution < 1.29 is 63.8 Å². The van der Waals surface area contributed by atoms with Crippen LogP contribution in [0, 0.1) is 23.7 Å². The molecule has 6 aromatic carbocycles. The Morgan fingerprint density at radius 3 is 1.46 bits per heavy atom. The molecule has 8 aromatic rings. The van der Waals surface area contributed by atoms with Crippen molar-refractivity contribution in [2.45, 2.75) is 129 Å². The molecule has 4 heterocycles. The number of aromatic hydroxyl groups is 2. The number of aliphatic carboxylic acids is 1. The third-order valence-corrected chi connectivity index (χ3v) is 15.9. The Hall–Kier alpha value is -10.7. The van der Waals surface area contributed by atoms with Crippen molar-refractivity contribution in [2.24, 2.45) is 0 Å². The lowest BCUT2D eigenvalue weighted by atomic mass is 9.98. The number of carboxylic acids is 1. The number of carboxylic acid groups (broad SMARTS) is 1. The molecule has 0 saturated carbocycles. The summed E-state index contributed by atoms with van der Waals surface area (Å²) < 4.78 is 13.6. The van der Waals surface area contributed by atoms with Gasteiger partial charge in [-0.3, -0.25) is 23.7 Å². The number of benzene rings is 6. The van der Waals surface area contributed by atoms with E-state index in [1.165, 1.54) is 12.1 Å². The zero-order valence-corrected chi connectivity index (χ0v) is 58.3. The first-order valence-corrected chi connectivity index (χ1v) is 33.6. The normalized spacial score (nSPS) is 14.7. The van der Waals surface area contributed by atoms with Crippen LogP contribution in [0.4, 0.5) is 21.0 Å². The number of carbonyl (C=O) groups is 6. The van der Waals surface area contributed by atoms with E-state index < -0.39 is 47.5 Å². The van der Waals surface area contributed by atoms with Crippen molar-refractivity contribution in [1.29, 1.82) is 0 Å². The molecule has 101 heavy (non-hydrogen) atoms. The van der Waals surface area contributed by atoms with E-state index in [1.54, 1.807) is 171 Å². The van der Waals surface area contributed by atoms with Crippen molar-refractivity contribution in [2.75, 3.05) is 36.9 Å². The minimum atomic E-state index is -1.13. The number of piperidine rings is 2. The first-order chi connectivity index (χ1) is 48.2. The van der Waals surface area contributed by atoms with Crippen LogP contribution in [-0.2, 0) is 41.7 Å². The van der Waals surface area contributed by atoms with Gasteiger partial charge in [-0.05, 0) is 176 Å². The Morgan fingerprint density at radius 1 is 0.574 bits per heavy atom. The molecule has 5 amide bonds. The van der Waals surface area contributed by atoms with E-state index in [0.717, 1.165) is 49.9 Å². The lowest BCUT2D eigenvalue weighted by Crippen LogP contribution is -2.53. The molecule has 0 radical (unpaired) electrons. The molecule has 4 atom stereocenters. The van der Waals surface area contributed by atoms with Crippen LogP contribution < -0.4 is 26.6 Å². The first-order valence-electron chi connectivity index (χ1n) is 32.8. The van der Waals surface area contributed by atoms with Gasteiger partial charge < -0.3 is 66.5 Å². The van der Waals surface area contributed by atoms with E-state index in [1.807, 2.05) is 30.3 Å². The second-order valence-corrected chi connectivity index (χ2v) is 26.4. The highest BCUT2D eigenvalue weighted by Crippen LogP contribution is 2.35. The number of phenolic OH excluding ortho intramolecular Hbond substituents is 2. The maximum Gasteiger partial charge on any atom is 0.408 e. The average Bonchev–Trinajstić information content (AvgIpc) is 1.75. The van der Waals surface area contributed by atoms with E-state index in [0.29, 0.717) is 85.6 Å². The van der Waals surface area contributed by atoms with Crippen LogP contribution in [0.3, 0.4) is 0 Å². The summed E-state index contributed by atoms with van der Waals surface area (Å²) >= 11 is 12.3. The summed E-state index contributed by atoms with van der Waals surface area (Å²) in [7, 11) is 0. The number of halogens is 2. The Bertz CT molecular complexity index is 4300. The van der Waals surface area contributed by atoms with Gasteiger partial charge in [-0.15, -0.1) is 0 Å². The number of hydrogen-bond acceptors (Lipinski definition) is 15.